The molecule has 5 nitrogen and oxygen atoms in total. The predicted molar refractivity (Wildman–Crippen MR) is 48.5 cm³/mol. The maximum atomic E-state index is 12.5. The number of methoxy groups -OCH3 is 1. The predicted octanol–water partition coefficient (Wildman–Crippen LogP) is 0.123. The maximum absolute atomic E-state index is 12.5. The number of esters is 1. The van der Waals surface area contributed by atoms with Gasteiger partial charge in [-0.2, -0.15) is 0 Å². The van der Waals surface area contributed by atoms with E-state index < -0.39 is 17.7 Å². The van der Waals surface area contributed by atoms with E-state index in [9.17, 15) is 14.0 Å². The second kappa shape index (κ2) is 5.04. The standard InChI is InChI=1S/C9H9FN2O3/c1-15-8(13)5-12-9(14)7-3-2-6(10)4-11-7/h2-4H,5H2,1H3,(H,12,14). The molecular formula is C9H9FN2O3. The van der Waals surface area contributed by atoms with Crippen molar-refractivity contribution in [3.8, 4) is 0 Å². The third-order valence-corrected chi connectivity index (χ3v) is 1.58. The van der Waals surface area contributed by atoms with E-state index in [2.05, 4.69) is 15.0 Å². The van der Waals surface area contributed by atoms with Crippen molar-refractivity contribution < 1.29 is 18.7 Å². The first-order chi connectivity index (χ1) is 7.13. The summed E-state index contributed by atoms with van der Waals surface area (Å²) in [5.74, 6) is -1.65. The van der Waals surface area contributed by atoms with Crippen molar-refractivity contribution in [2.75, 3.05) is 13.7 Å². The topological polar surface area (TPSA) is 68.3 Å². The lowest BCUT2D eigenvalue weighted by atomic mass is 10.3. The molecule has 1 heterocycles. The van der Waals surface area contributed by atoms with Crippen LogP contribution in [0.5, 0.6) is 0 Å². The Hall–Kier alpha value is -1.98. The van der Waals surface area contributed by atoms with Gasteiger partial charge in [-0.3, -0.25) is 9.59 Å². The minimum atomic E-state index is -0.564. The molecule has 0 saturated carbocycles. The van der Waals surface area contributed by atoms with Crippen LogP contribution in [-0.4, -0.2) is 30.5 Å². The Morgan fingerprint density at radius 2 is 2.27 bits per heavy atom. The number of hydrogen-bond acceptors (Lipinski definition) is 4. The normalized spacial score (nSPS) is 9.47. The van der Waals surface area contributed by atoms with E-state index in [0.717, 1.165) is 12.3 Å². The highest BCUT2D eigenvalue weighted by atomic mass is 19.1. The van der Waals surface area contributed by atoms with Gasteiger partial charge in [0.15, 0.2) is 0 Å². The van der Waals surface area contributed by atoms with Crippen LogP contribution in [0.15, 0.2) is 18.3 Å². The van der Waals surface area contributed by atoms with Gasteiger partial charge in [-0.15, -0.1) is 0 Å². The Morgan fingerprint density at radius 1 is 1.53 bits per heavy atom. The van der Waals surface area contributed by atoms with Gasteiger partial charge in [-0.1, -0.05) is 0 Å². The van der Waals surface area contributed by atoms with Crippen molar-refractivity contribution in [3.05, 3.63) is 29.8 Å². The first-order valence-electron chi connectivity index (χ1n) is 4.10. The third kappa shape index (κ3) is 3.34. The van der Waals surface area contributed by atoms with E-state index in [1.54, 1.807) is 0 Å². The first kappa shape index (κ1) is 11.1. The highest BCUT2D eigenvalue weighted by molar-refractivity contribution is 5.94. The molecule has 0 aliphatic rings. The van der Waals surface area contributed by atoms with Crippen LogP contribution >= 0.6 is 0 Å². The summed E-state index contributed by atoms with van der Waals surface area (Å²) in [4.78, 5) is 25.5. The van der Waals surface area contributed by atoms with Crippen molar-refractivity contribution in [2.24, 2.45) is 0 Å². The molecule has 1 amide bonds. The summed E-state index contributed by atoms with van der Waals surface area (Å²) in [5.41, 5.74) is 0.0419. The zero-order valence-corrected chi connectivity index (χ0v) is 7.99. The van der Waals surface area contributed by atoms with Crippen LogP contribution in [0.2, 0.25) is 0 Å². The van der Waals surface area contributed by atoms with Crippen molar-refractivity contribution in [3.63, 3.8) is 0 Å². The first-order valence-corrected chi connectivity index (χ1v) is 4.10. The van der Waals surface area contributed by atoms with Gasteiger partial charge in [-0.05, 0) is 12.1 Å². The van der Waals surface area contributed by atoms with E-state index in [0.29, 0.717) is 0 Å². The SMILES string of the molecule is COC(=O)CNC(=O)c1ccc(F)cn1. The number of amides is 1. The van der Waals surface area contributed by atoms with Crippen LogP contribution in [0.4, 0.5) is 4.39 Å². The van der Waals surface area contributed by atoms with Gasteiger partial charge in [0.1, 0.15) is 18.1 Å². The molecule has 0 aliphatic heterocycles. The Kier molecular flexibility index (Phi) is 3.73. The number of hydrogen-bond donors (Lipinski definition) is 1. The van der Waals surface area contributed by atoms with Gasteiger partial charge >= 0.3 is 5.97 Å². The Morgan fingerprint density at radius 3 is 2.80 bits per heavy atom. The van der Waals surface area contributed by atoms with E-state index >= 15 is 0 Å². The molecule has 0 spiro atoms. The lowest BCUT2D eigenvalue weighted by Gasteiger charge is -2.02. The van der Waals surface area contributed by atoms with Crippen molar-refractivity contribution in [2.45, 2.75) is 0 Å². The summed E-state index contributed by atoms with van der Waals surface area (Å²) in [6.07, 6.45) is 0.924. The van der Waals surface area contributed by atoms with Crippen LogP contribution in [0.3, 0.4) is 0 Å². The third-order valence-electron chi connectivity index (χ3n) is 1.58. The number of carbonyl (C=O) groups is 2. The quantitative estimate of drug-likeness (QED) is 0.723. The Labute approximate surface area is 85.3 Å². The van der Waals surface area contributed by atoms with Gasteiger partial charge in [0.25, 0.3) is 5.91 Å². The minimum Gasteiger partial charge on any atom is -0.468 e. The Balaban J connectivity index is 2.54. The van der Waals surface area contributed by atoms with E-state index in [4.69, 9.17) is 0 Å². The number of aromatic nitrogens is 1. The number of pyridine rings is 1. The van der Waals surface area contributed by atoms with Crippen molar-refractivity contribution in [1.82, 2.24) is 10.3 Å². The molecule has 0 atom stereocenters. The van der Waals surface area contributed by atoms with Crippen LogP contribution in [0, 0.1) is 5.82 Å². The number of nitrogens with zero attached hydrogens (tertiary/aromatic N) is 1. The summed E-state index contributed by atoms with van der Waals surface area (Å²) in [7, 11) is 1.21. The van der Waals surface area contributed by atoms with Gasteiger partial charge in [0.2, 0.25) is 0 Å². The summed E-state index contributed by atoms with van der Waals surface area (Å²) in [6.45, 7) is -0.242. The summed E-state index contributed by atoms with van der Waals surface area (Å²) in [5, 5.41) is 2.27. The molecule has 0 bridgehead atoms. The average Bonchev–Trinajstić information content (AvgIpc) is 2.26. The lowest BCUT2D eigenvalue weighted by Crippen LogP contribution is -2.30. The van der Waals surface area contributed by atoms with Gasteiger partial charge < -0.3 is 10.1 Å². The maximum Gasteiger partial charge on any atom is 0.325 e. The number of nitrogens with one attached hydrogen (secondary N) is 1. The molecule has 0 aromatic carbocycles. The minimum absolute atomic E-state index is 0.0419. The molecule has 0 fully saturated rings. The number of ether oxygens (including phenoxy) is 1. The van der Waals surface area contributed by atoms with Crippen LogP contribution in [0.1, 0.15) is 10.5 Å². The molecule has 80 valence electrons. The van der Waals surface area contributed by atoms with Crippen molar-refractivity contribution in [1.29, 1.82) is 0 Å². The Bertz CT molecular complexity index is 364. The van der Waals surface area contributed by atoms with E-state index in [1.165, 1.54) is 13.2 Å². The monoisotopic (exact) mass is 212 g/mol. The molecule has 1 N–H and O–H groups in total. The molecule has 15 heavy (non-hydrogen) atoms. The highest BCUT2D eigenvalue weighted by Crippen LogP contribution is 1.97. The van der Waals surface area contributed by atoms with E-state index in [1.807, 2.05) is 0 Å². The molecule has 0 aliphatic carbocycles. The summed E-state index contributed by atoms with van der Waals surface area (Å²) in [6, 6.07) is 2.34. The van der Waals surface area contributed by atoms with Crippen LogP contribution in [0.25, 0.3) is 0 Å². The fraction of sp³-hybridized carbons (Fsp3) is 0.222. The average molecular weight is 212 g/mol. The molecule has 1 aromatic rings. The zero-order chi connectivity index (χ0) is 11.3. The van der Waals surface area contributed by atoms with Gasteiger partial charge in [0.05, 0.1) is 13.3 Å². The smallest absolute Gasteiger partial charge is 0.325 e. The number of carbonyl (C=O) groups excluding carboxylic acids is 2. The molecule has 0 radical (unpaired) electrons. The number of rotatable bonds is 3. The highest BCUT2D eigenvalue weighted by Gasteiger charge is 2.08. The molecule has 1 aromatic heterocycles. The second-order valence-corrected chi connectivity index (χ2v) is 2.62. The molecule has 1 rings (SSSR count). The molecular weight excluding hydrogens is 203 g/mol. The summed E-state index contributed by atoms with van der Waals surface area (Å²) >= 11 is 0. The fourth-order valence-corrected chi connectivity index (χ4v) is 0.825. The van der Waals surface area contributed by atoms with Gasteiger partial charge in [0, 0.05) is 0 Å². The lowest BCUT2D eigenvalue weighted by molar-refractivity contribution is -0.139. The van der Waals surface area contributed by atoms with Crippen LogP contribution in [-0.2, 0) is 9.53 Å². The zero-order valence-electron chi connectivity index (χ0n) is 7.99. The second-order valence-electron chi connectivity index (χ2n) is 2.62. The largest absolute Gasteiger partial charge is 0.468 e. The van der Waals surface area contributed by atoms with Gasteiger partial charge in [-0.25, -0.2) is 9.37 Å². The van der Waals surface area contributed by atoms with Crippen molar-refractivity contribution >= 4 is 11.9 Å². The molecule has 6 heteroatoms. The molecule has 0 saturated heterocycles. The number of halogens is 1. The molecule has 0 unspecified atom stereocenters. The van der Waals surface area contributed by atoms with E-state index in [-0.39, 0.29) is 12.2 Å². The summed E-state index contributed by atoms with van der Waals surface area (Å²) < 4.78 is 16.8. The van der Waals surface area contributed by atoms with Crippen LogP contribution < -0.4 is 5.32 Å². The fourth-order valence-electron chi connectivity index (χ4n) is 0.825.